The van der Waals surface area contributed by atoms with Gasteiger partial charge >= 0.3 is 0 Å². The molecular weight excluding hydrogens is 807 g/mol. The number of hydrogen-bond donors (Lipinski definition) is 0. The minimum atomic E-state index is 0.854. The smallest absolute Gasteiger partial charge is 0.137 e. The van der Waals surface area contributed by atoms with E-state index in [0.29, 0.717) is 0 Å². The summed E-state index contributed by atoms with van der Waals surface area (Å²) in [5, 5.41) is 9.73. The van der Waals surface area contributed by atoms with Crippen LogP contribution >= 0.6 is 11.3 Å². The van der Waals surface area contributed by atoms with Gasteiger partial charge in [-0.1, -0.05) is 176 Å². The zero-order valence-corrected chi connectivity index (χ0v) is 36.1. The summed E-state index contributed by atoms with van der Waals surface area (Å²) in [6.07, 6.45) is 0. The predicted octanol–water partition coefficient (Wildman–Crippen LogP) is 18.4. The van der Waals surface area contributed by atoms with Gasteiger partial charge in [0, 0.05) is 48.4 Å². The van der Waals surface area contributed by atoms with Gasteiger partial charge in [-0.25, -0.2) is 0 Å². The lowest BCUT2D eigenvalue weighted by Gasteiger charge is -2.27. The lowest BCUT2D eigenvalue weighted by atomic mass is 9.97. The van der Waals surface area contributed by atoms with Crippen LogP contribution in [0.4, 0.5) is 17.1 Å². The first kappa shape index (κ1) is 37.3. The predicted molar refractivity (Wildman–Crippen MR) is 278 cm³/mol. The molecule has 65 heavy (non-hydrogen) atoms. The van der Waals surface area contributed by atoms with E-state index in [4.69, 9.17) is 4.42 Å². The van der Waals surface area contributed by atoms with Crippen LogP contribution in [0.3, 0.4) is 0 Å². The van der Waals surface area contributed by atoms with E-state index in [-0.39, 0.29) is 0 Å². The molecule has 0 amide bonds. The summed E-state index contributed by atoms with van der Waals surface area (Å²) >= 11 is 1.87. The topological polar surface area (TPSA) is 16.4 Å². The van der Waals surface area contributed by atoms with Crippen LogP contribution in [0.5, 0.6) is 0 Å². The summed E-state index contributed by atoms with van der Waals surface area (Å²) in [4.78, 5) is 2.42. The average molecular weight is 846 g/mol. The van der Waals surface area contributed by atoms with Crippen LogP contribution in [0, 0.1) is 0 Å². The van der Waals surface area contributed by atoms with Crippen molar-refractivity contribution in [1.82, 2.24) is 0 Å². The molecule has 0 N–H and O–H groups in total. The monoisotopic (exact) mass is 845 g/mol. The van der Waals surface area contributed by atoms with Crippen LogP contribution in [0.25, 0.3) is 108 Å². The van der Waals surface area contributed by atoms with Crippen molar-refractivity contribution in [2.45, 2.75) is 0 Å². The van der Waals surface area contributed by atoms with Crippen molar-refractivity contribution in [3.8, 4) is 44.5 Å². The Balaban J connectivity index is 1.00. The maximum Gasteiger partial charge on any atom is 0.137 e. The fraction of sp³-hybridized carbons (Fsp3) is 0. The highest BCUT2D eigenvalue weighted by atomic mass is 32.1. The van der Waals surface area contributed by atoms with Gasteiger partial charge in [-0.05, 0) is 121 Å². The third kappa shape index (κ3) is 6.39. The number of benzene rings is 11. The molecule has 2 heterocycles. The largest absolute Gasteiger partial charge is 0.456 e. The van der Waals surface area contributed by atoms with E-state index in [2.05, 4.69) is 241 Å². The lowest BCUT2D eigenvalue weighted by molar-refractivity contribution is 0.669. The summed E-state index contributed by atoms with van der Waals surface area (Å²) in [7, 11) is 0. The van der Waals surface area contributed by atoms with Crippen LogP contribution in [0.15, 0.2) is 241 Å². The minimum absolute atomic E-state index is 0.854. The molecule has 0 saturated carbocycles. The first-order valence-electron chi connectivity index (χ1n) is 22.1. The lowest BCUT2D eigenvalue weighted by Crippen LogP contribution is -2.10. The van der Waals surface area contributed by atoms with Crippen LogP contribution < -0.4 is 4.90 Å². The summed E-state index contributed by atoms with van der Waals surface area (Å²) < 4.78 is 9.28. The average Bonchev–Trinajstić information content (AvgIpc) is 3.95. The fourth-order valence-electron chi connectivity index (χ4n) is 9.84. The second kappa shape index (κ2) is 15.2. The molecule has 0 aliphatic heterocycles. The molecule has 11 aromatic carbocycles. The number of thiophene rings is 1. The van der Waals surface area contributed by atoms with E-state index in [0.717, 1.165) is 44.6 Å². The summed E-state index contributed by atoms with van der Waals surface area (Å²) in [5.41, 5.74) is 14.5. The van der Waals surface area contributed by atoms with Gasteiger partial charge < -0.3 is 9.32 Å². The Morgan fingerprint density at radius 2 is 0.846 bits per heavy atom. The van der Waals surface area contributed by atoms with Crippen LogP contribution in [-0.4, -0.2) is 0 Å². The number of furan rings is 1. The van der Waals surface area contributed by atoms with E-state index in [1.165, 1.54) is 80.7 Å². The molecule has 0 spiro atoms. The Bertz CT molecular complexity index is 3920. The number of fused-ring (bicyclic) bond motifs is 9. The molecule has 0 radical (unpaired) electrons. The fourth-order valence-corrected chi connectivity index (χ4v) is 11.1. The highest BCUT2D eigenvalue weighted by Gasteiger charge is 2.23. The third-order valence-corrected chi connectivity index (χ3v) is 14.2. The molecule has 0 atom stereocenters. The Hall–Kier alpha value is -8.24. The number of anilines is 3. The van der Waals surface area contributed by atoms with Crippen LogP contribution in [-0.2, 0) is 0 Å². The Labute approximate surface area is 380 Å². The van der Waals surface area contributed by atoms with Crippen molar-refractivity contribution >= 4 is 92.1 Å². The second-order valence-corrected chi connectivity index (χ2v) is 17.9. The first-order valence-corrected chi connectivity index (χ1v) is 23.0. The number of hydrogen-bond acceptors (Lipinski definition) is 3. The van der Waals surface area contributed by atoms with Crippen molar-refractivity contribution in [1.29, 1.82) is 0 Å². The minimum Gasteiger partial charge on any atom is -0.456 e. The standard InChI is InChI=1S/C62H39NOS/c1-4-12-40(13-5-1)46-25-31-54-55-33-29-50(39-59(55)64-58(54)37-46)63(49-27-22-42(23-28-49)45-24-30-52-48(36-45)21-20-44-18-10-11-19-51(44)52)57-35-34-53(43-16-8-3-9-17-43)62-61(57)56-32-26-47(38-60(56)65-62)41-14-6-2-7-15-41/h1-39H. The van der Waals surface area contributed by atoms with Gasteiger partial charge in [0.25, 0.3) is 0 Å². The molecule has 0 fully saturated rings. The molecule has 0 aliphatic rings. The normalized spacial score (nSPS) is 11.7. The number of nitrogens with zero attached hydrogens (tertiary/aromatic N) is 1. The van der Waals surface area contributed by atoms with Gasteiger partial charge in [0.1, 0.15) is 11.2 Å². The molecule has 0 saturated heterocycles. The van der Waals surface area contributed by atoms with Crippen molar-refractivity contribution in [3.63, 3.8) is 0 Å². The third-order valence-electron chi connectivity index (χ3n) is 13.1. The quantitative estimate of drug-likeness (QED) is 0.149. The van der Waals surface area contributed by atoms with Crippen LogP contribution in [0.1, 0.15) is 0 Å². The Kier molecular flexibility index (Phi) is 8.75. The van der Waals surface area contributed by atoms with Gasteiger partial charge in [0.15, 0.2) is 0 Å². The van der Waals surface area contributed by atoms with Crippen molar-refractivity contribution in [2.75, 3.05) is 4.90 Å². The van der Waals surface area contributed by atoms with Gasteiger partial charge in [0.05, 0.1) is 5.69 Å². The van der Waals surface area contributed by atoms with Gasteiger partial charge in [-0.2, -0.15) is 0 Å². The highest BCUT2D eigenvalue weighted by Crippen LogP contribution is 2.50. The van der Waals surface area contributed by atoms with E-state index in [1.54, 1.807) is 0 Å². The Morgan fingerprint density at radius 3 is 1.58 bits per heavy atom. The highest BCUT2D eigenvalue weighted by molar-refractivity contribution is 7.26. The summed E-state index contributed by atoms with van der Waals surface area (Å²) in [6.45, 7) is 0. The zero-order valence-electron chi connectivity index (χ0n) is 35.3. The van der Waals surface area contributed by atoms with E-state index in [1.807, 2.05) is 11.3 Å². The molecule has 2 nitrogen and oxygen atoms in total. The summed E-state index contributed by atoms with van der Waals surface area (Å²) in [6, 6.07) is 85.9. The number of rotatable bonds is 7. The van der Waals surface area contributed by atoms with E-state index < -0.39 is 0 Å². The van der Waals surface area contributed by atoms with Gasteiger partial charge in [-0.3, -0.25) is 0 Å². The van der Waals surface area contributed by atoms with E-state index >= 15 is 0 Å². The second-order valence-electron chi connectivity index (χ2n) is 16.8. The summed E-state index contributed by atoms with van der Waals surface area (Å²) in [5.74, 6) is 0. The molecule has 0 aliphatic carbocycles. The zero-order chi connectivity index (χ0) is 42.8. The van der Waals surface area contributed by atoms with Gasteiger partial charge in [-0.15, -0.1) is 11.3 Å². The van der Waals surface area contributed by atoms with E-state index in [9.17, 15) is 0 Å². The molecule has 3 heteroatoms. The molecule has 2 aromatic heterocycles. The molecule has 0 bridgehead atoms. The van der Waals surface area contributed by atoms with Crippen LogP contribution in [0.2, 0.25) is 0 Å². The molecule has 0 unspecified atom stereocenters. The Morgan fingerprint density at radius 1 is 0.323 bits per heavy atom. The van der Waals surface area contributed by atoms with Crippen molar-refractivity contribution in [3.05, 3.63) is 237 Å². The molecule has 13 rings (SSSR count). The molecule has 304 valence electrons. The maximum absolute atomic E-state index is 6.77. The maximum atomic E-state index is 6.77. The molecule has 13 aromatic rings. The van der Waals surface area contributed by atoms with Crippen molar-refractivity contribution in [2.24, 2.45) is 0 Å². The molecular formula is C62H39NOS. The van der Waals surface area contributed by atoms with Crippen molar-refractivity contribution < 1.29 is 4.42 Å². The van der Waals surface area contributed by atoms with Gasteiger partial charge in [0.2, 0.25) is 0 Å². The SMILES string of the molecule is c1ccc(-c2ccc3c(c2)oc2cc(N(c4ccc(-c5ccc6c(ccc7ccccc76)c5)cc4)c4ccc(-c5ccccc5)c5sc6cc(-c7ccccc7)ccc6c45)ccc23)cc1. The first-order chi connectivity index (χ1) is 32.2.